The molecule has 1 saturated heterocycles. The normalized spacial score (nSPS) is 18.0. The van der Waals surface area contributed by atoms with Crippen LogP contribution in [-0.4, -0.2) is 52.8 Å². The van der Waals surface area contributed by atoms with Crippen molar-refractivity contribution >= 4 is 28.8 Å². The lowest BCUT2D eigenvalue weighted by Crippen LogP contribution is -2.50. The minimum atomic E-state index is 0.146. The zero-order valence-electron chi connectivity index (χ0n) is 19.2. The van der Waals surface area contributed by atoms with Crippen molar-refractivity contribution in [1.82, 2.24) is 14.3 Å². The summed E-state index contributed by atoms with van der Waals surface area (Å²) in [7, 11) is 2.19. The van der Waals surface area contributed by atoms with Crippen LogP contribution in [0.4, 0.5) is 5.69 Å². The van der Waals surface area contributed by atoms with Crippen LogP contribution in [0.15, 0.2) is 42.7 Å². The Balaban J connectivity index is 1.68. The third-order valence-electron chi connectivity index (χ3n) is 6.38. The van der Waals surface area contributed by atoms with E-state index in [4.69, 9.17) is 0 Å². The second kappa shape index (κ2) is 8.67. The zero-order chi connectivity index (χ0) is 22.1. The van der Waals surface area contributed by atoms with E-state index < -0.39 is 0 Å². The lowest BCUT2D eigenvalue weighted by Gasteiger charge is -2.39. The molecule has 0 radical (unpaired) electrons. The number of pyridine rings is 1. The van der Waals surface area contributed by atoms with Gasteiger partial charge in [0.2, 0.25) is 0 Å². The van der Waals surface area contributed by atoms with Gasteiger partial charge in [0.25, 0.3) is 0 Å². The molecule has 0 bridgehead atoms. The number of aryl methyl sites for hydroxylation is 2. The molecule has 5 nitrogen and oxygen atoms in total. The highest BCUT2D eigenvalue weighted by Gasteiger charge is 2.21. The highest BCUT2D eigenvalue weighted by Crippen LogP contribution is 2.27. The average molecular weight is 417 g/mol. The molecule has 1 fully saturated rings. The highest BCUT2D eigenvalue weighted by atomic mass is 16.1. The fourth-order valence-electron chi connectivity index (χ4n) is 4.25. The van der Waals surface area contributed by atoms with Gasteiger partial charge in [-0.1, -0.05) is 13.0 Å². The predicted octanol–water partition coefficient (Wildman–Crippen LogP) is 4.61. The number of carbonyl (C=O) groups is 1. The largest absolute Gasteiger partial charge is 0.369 e. The summed E-state index contributed by atoms with van der Waals surface area (Å²) < 4.78 is 1.99. The number of nitrogens with zero attached hydrogens (tertiary/aromatic N) is 4. The molecule has 0 saturated carbocycles. The van der Waals surface area contributed by atoms with Crippen molar-refractivity contribution in [3.8, 4) is 0 Å². The van der Waals surface area contributed by atoms with Gasteiger partial charge in [-0.2, -0.15) is 0 Å². The first-order chi connectivity index (χ1) is 14.9. The van der Waals surface area contributed by atoms with E-state index in [1.807, 2.05) is 48.9 Å². The van der Waals surface area contributed by atoms with E-state index in [1.165, 1.54) is 11.3 Å². The first kappa shape index (κ1) is 21.3. The lowest BCUT2D eigenvalue weighted by atomic mass is 9.96. The summed E-state index contributed by atoms with van der Waals surface area (Å²) in [4.78, 5) is 22.2. The summed E-state index contributed by atoms with van der Waals surface area (Å²) in [5.74, 6) is 0.146. The van der Waals surface area contributed by atoms with E-state index in [2.05, 4.69) is 53.9 Å². The maximum atomic E-state index is 12.8. The van der Waals surface area contributed by atoms with Gasteiger partial charge < -0.3 is 14.2 Å². The van der Waals surface area contributed by atoms with Crippen LogP contribution >= 0.6 is 0 Å². The number of aromatic nitrogens is 2. The summed E-state index contributed by atoms with van der Waals surface area (Å²) in [6.45, 7) is 11.5. The van der Waals surface area contributed by atoms with Crippen molar-refractivity contribution in [1.29, 1.82) is 0 Å². The van der Waals surface area contributed by atoms with Gasteiger partial charge in [0.1, 0.15) is 5.65 Å². The van der Waals surface area contributed by atoms with Gasteiger partial charge in [0.05, 0.1) is 5.69 Å². The molecule has 4 rings (SSSR count). The molecule has 0 aliphatic carbocycles. The SMILES string of the molecule is CCC(=O)/C(=C\c1ccc(N2CCN(C)[C@@H](C)C2)cc1C)c1ccc2nc(C)cn2c1. The van der Waals surface area contributed by atoms with Crippen LogP contribution in [0.3, 0.4) is 0 Å². The summed E-state index contributed by atoms with van der Waals surface area (Å²) in [6.07, 6.45) is 6.51. The van der Waals surface area contributed by atoms with Gasteiger partial charge in [0, 0.05) is 61.3 Å². The molecule has 1 aliphatic heterocycles. The molecular formula is C26H32N4O. The summed E-state index contributed by atoms with van der Waals surface area (Å²) in [5.41, 5.74) is 7.07. The van der Waals surface area contributed by atoms with Crippen LogP contribution in [0.25, 0.3) is 17.3 Å². The fraction of sp³-hybridized carbons (Fsp3) is 0.385. The Hall–Kier alpha value is -2.92. The number of benzene rings is 1. The number of allylic oxidation sites excluding steroid dienone is 1. The zero-order valence-corrected chi connectivity index (χ0v) is 19.2. The number of ketones is 1. The second-order valence-electron chi connectivity index (χ2n) is 8.72. The summed E-state index contributed by atoms with van der Waals surface area (Å²) in [6, 6.07) is 11.1. The maximum Gasteiger partial charge on any atom is 0.163 e. The molecule has 5 heteroatoms. The van der Waals surface area contributed by atoms with Crippen molar-refractivity contribution in [2.75, 3.05) is 31.6 Å². The second-order valence-corrected chi connectivity index (χ2v) is 8.72. The maximum absolute atomic E-state index is 12.8. The number of rotatable bonds is 5. The van der Waals surface area contributed by atoms with Gasteiger partial charge in [-0.05, 0) is 69.3 Å². The number of piperazine rings is 1. The quantitative estimate of drug-likeness (QED) is 0.570. The molecule has 1 aromatic carbocycles. The van der Waals surface area contributed by atoms with Crippen LogP contribution in [0.2, 0.25) is 0 Å². The minimum absolute atomic E-state index is 0.146. The van der Waals surface area contributed by atoms with Crippen LogP contribution in [-0.2, 0) is 4.79 Å². The number of hydrogen-bond donors (Lipinski definition) is 0. The molecule has 1 atom stereocenters. The van der Waals surface area contributed by atoms with E-state index in [0.29, 0.717) is 12.5 Å². The molecule has 1 aliphatic rings. The summed E-state index contributed by atoms with van der Waals surface area (Å²) >= 11 is 0. The van der Waals surface area contributed by atoms with Crippen LogP contribution < -0.4 is 4.90 Å². The van der Waals surface area contributed by atoms with Crippen molar-refractivity contribution in [2.24, 2.45) is 0 Å². The number of hydrogen-bond acceptors (Lipinski definition) is 4. The van der Waals surface area contributed by atoms with Gasteiger partial charge in [-0.15, -0.1) is 0 Å². The van der Waals surface area contributed by atoms with E-state index in [-0.39, 0.29) is 5.78 Å². The topological polar surface area (TPSA) is 40.9 Å². The number of anilines is 1. The number of carbonyl (C=O) groups excluding carboxylic acids is 1. The molecule has 3 heterocycles. The minimum Gasteiger partial charge on any atom is -0.369 e. The van der Waals surface area contributed by atoms with Gasteiger partial charge in [0.15, 0.2) is 5.78 Å². The highest BCUT2D eigenvalue weighted by molar-refractivity contribution is 6.25. The third kappa shape index (κ3) is 4.42. The van der Waals surface area contributed by atoms with Crippen LogP contribution in [0.5, 0.6) is 0 Å². The molecule has 0 N–H and O–H groups in total. The molecule has 162 valence electrons. The van der Waals surface area contributed by atoms with Crippen LogP contribution in [0, 0.1) is 13.8 Å². The summed E-state index contributed by atoms with van der Waals surface area (Å²) in [5, 5.41) is 0. The molecule has 0 spiro atoms. The van der Waals surface area contributed by atoms with Crippen molar-refractivity contribution < 1.29 is 4.79 Å². The first-order valence-corrected chi connectivity index (χ1v) is 11.1. The predicted molar refractivity (Wildman–Crippen MR) is 129 cm³/mol. The smallest absolute Gasteiger partial charge is 0.163 e. The Morgan fingerprint density at radius 1 is 1.16 bits per heavy atom. The van der Waals surface area contributed by atoms with Gasteiger partial charge >= 0.3 is 0 Å². The van der Waals surface area contributed by atoms with Gasteiger partial charge in [-0.25, -0.2) is 4.98 Å². The molecule has 0 amide bonds. The number of Topliss-reactive ketones (excluding diaryl/α,β-unsaturated/α-hetero) is 1. The number of fused-ring (bicyclic) bond motifs is 1. The Bertz CT molecular complexity index is 1140. The Kier molecular flexibility index (Phi) is 5.96. The molecular weight excluding hydrogens is 384 g/mol. The van der Waals surface area contributed by atoms with E-state index >= 15 is 0 Å². The van der Waals surface area contributed by atoms with Crippen molar-refractivity contribution in [3.63, 3.8) is 0 Å². The number of imidazole rings is 1. The van der Waals surface area contributed by atoms with E-state index in [9.17, 15) is 4.79 Å². The molecule has 31 heavy (non-hydrogen) atoms. The standard InChI is InChI=1S/C26H32N4O/c1-6-25(31)24(22-8-10-26-27-19(3)15-30(26)17-22)14-21-7-9-23(13-18(21)2)29-12-11-28(5)20(4)16-29/h7-10,13-15,17,20H,6,11-12,16H2,1-5H3/b24-14-/t20-/m0/s1. The average Bonchev–Trinajstić information content (AvgIpc) is 3.13. The monoisotopic (exact) mass is 416 g/mol. The Morgan fingerprint density at radius 3 is 2.68 bits per heavy atom. The fourth-order valence-corrected chi connectivity index (χ4v) is 4.25. The number of likely N-dealkylation sites (N-methyl/N-ethyl adjacent to an activating group) is 1. The van der Waals surface area contributed by atoms with Crippen molar-refractivity contribution in [3.05, 3.63) is 65.1 Å². The molecule has 3 aromatic rings. The Labute approximate surface area is 185 Å². The first-order valence-electron chi connectivity index (χ1n) is 11.1. The molecule has 0 unspecified atom stereocenters. The van der Waals surface area contributed by atoms with Crippen molar-refractivity contribution in [2.45, 2.75) is 40.2 Å². The van der Waals surface area contributed by atoms with Crippen LogP contribution in [0.1, 0.15) is 42.7 Å². The molecule has 2 aromatic heterocycles. The lowest BCUT2D eigenvalue weighted by molar-refractivity contribution is -0.113. The van der Waals surface area contributed by atoms with Gasteiger partial charge in [-0.3, -0.25) is 4.79 Å². The third-order valence-corrected chi connectivity index (χ3v) is 6.38. The van der Waals surface area contributed by atoms with E-state index in [0.717, 1.165) is 47.7 Å². The Morgan fingerprint density at radius 2 is 1.97 bits per heavy atom. The van der Waals surface area contributed by atoms with E-state index in [1.54, 1.807) is 0 Å².